The first kappa shape index (κ1) is 58.4. The summed E-state index contributed by atoms with van der Waals surface area (Å²) in [5.41, 5.74) is 0. The molecule has 0 heterocycles. The summed E-state index contributed by atoms with van der Waals surface area (Å²) in [5.74, 6) is -0.946. The quantitative estimate of drug-likeness (QED) is 0.0213. The summed E-state index contributed by atoms with van der Waals surface area (Å²) in [6.07, 6.45) is 59.8. The van der Waals surface area contributed by atoms with Crippen molar-refractivity contribution in [1.82, 2.24) is 0 Å². The minimum Gasteiger partial charge on any atom is -0.462 e. The van der Waals surface area contributed by atoms with Crippen LogP contribution in [0.2, 0.25) is 0 Å². The molecule has 0 aliphatic carbocycles. The fourth-order valence-electron chi connectivity index (χ4n) is 5.37. The average molecular weight is 883 g/mol. The van der Waals surface area contributed by atoms with Gasteiger partial charge in [0, 0.05) is 12.8 Å². The van der Waals surface area contributed by atoms with E-state index in [0.717, 1.165) is 77.0 Å². The second-order valence-corrected chi connectivity index (χ2v) is 17.5. The van der Waals surface area contributed by atoms with Crippen LogP contribution < -0.4 is 0 Å². The Hall–Kier alpha value is -3.59. The van der Waals surface area contributed by atoms with E-state index in [4.69, 9.17) is 18.5 Å². The maximum Gasteiger partial charge on any atom is 0.472 e. The lowest BCUT2D eigenvalue weighted by Gasteiger charge is -2.24. The van der Waals surface area contributed by atoms with Crippen molar-refractivity contribution >= 4 is 19.8 Å². The Morgan fingerprint density at radius 1 is 0.516 bits per heavy atom. The topological polar surface area (TPSA) is 108 Å². The van der Waals surface area contributed by atoms with Crippen molar-refractivity contribution in [3.05, 3.63) is 122 Å². The van der Waals surface area contributed by atoms with E-state index in [1.54, 1.807) is 0 Å². The third-order valence-electron chi connectivity index (χ3n) is 8.99. The molecule has 9 nitrogen and oxygen atoms in total. The Balaban J connectivity index is 4.54. The zero-order valence-electron chi connectivity index (χ0n) is 39.3. The predicted octanol–water partition coefficient (Wildman–Crippen LogP) is 13.7. The lowest BCUT2D eigenvalue weighted by Crippen LogP contribution is -2.37. The Morgan fingerprint density at radius 2 is 0.952 bits per heavy atom. The SMILES string of the molecule is CC/C=C/C/C=C/C/C=C/C/C=C/C/C=C/CCCCCC(=O)OC[C@H](COP(=O)(O)OCC[N+](C)(C)C)OC(=O)CC/C=C/C/C=C/C/C=C/C/C=C/C/C=C/CCCCC. The molecule has 0 saturated carbocycles. The van der Waals surface area contributed by atoms with Crippen molar-refractivity contribution in [2.45, 2.75) is 148 Å². The highest BCUT2D eigenvalue weighted by Crippen LogP contribution is 2.43. The van der Waals surface area contributed by atoms with Gasteiger partial charge in [-0.25, -0.2) is 4.57 Å². The molecule has 0 aliphatic rings. The van der Waals surface area contributed by atoms with E-state index in [1.807, 2.05) is 33.3 Å². The first-order valence-corrected chi connectivity index (χ1v) is 24.8. The number of carbonyl (C=O) groups is 2. The standard InChI is InChI=1S/C52H84NO8P/c1-6-8-10-12-14-16-18-20-22-24-26-28-30-32-34-36-38-40-42-44-51(54)58-48-50(49-60-62(56,57)59-47-46-53(3,4)5)61-52(55)45-43-41-39-37-35-33-31-29-27-25-23-21-19-17-15-13-11-9-7-2/h8,10,14-17,20-23,26-29,32-35,39,41,50H,6-7,9,11-13,18-19,24-25,30-31,36-38,40,42-49H2,1-5H3/p+1/b10-8+,16-14+,17-15+,22-20+,23-21+,28-26+,29-27+,34-32+,35-33+,41-39+/t50-/m1/s1. The molecule has 0 bridgehead atoms. The molecule has 0 aromatic heterocycles. The second kappa shape index (κ2) is 42.7. The van der Waals surface area contributed by atoms with Gasteiger partial charge in [-0.15, -0.1) is 0 Å². The normalized spacial score (nSPS) is 14.6. The van der Waals surface area contributed by atoms with Crippen LogP contribution in [0.5, 0.6) is 0 Å². The smallest absolute Gasteiger partial charge is 0.462 e. The lowest BCUT2D eigenvalue weighted by molar-refractivity contribution is -0.870. The largest absolute Gasteiger partial charge is 0.472 e. The van der Waals surface area contributed by atoms with Crippen molar-refractivity contribution in [2.75, 3.05) is 47.5 Å². The number of unbranched alkanes of at least 4 members (excludes halogenated alkanes) is 6. The zero-order valence-corrected chi connectivity index (χ0v) is 40.2. The highest BCUT2D eigenvalue weighted by molar-refractivity contribution is 7.47. The van der Waals surface area contributed by atoms with E-state index >= 15 is 0 Å². The van der Waals surface area contributed by atoms with E-state index in [1.165, 1.54) is 25.7 Å². The van der Waals surface area contributed by atoms with Crippen LogP contribution in [0.25, 0.3) is 0 Å². The van der Waals surface area contributed by atoms with Gasteiger partial charge in [-0.05, 0) is 96.3 Å². The summed E-state index contributed by atoms with van der Waals surface area (Å²) < 4.78 is 34.2. The molecule has 0 aromatic rings. The number of allylic oxidation sites excluding steroid dienone is 20. The van der Waals surface area contributed by atoms with Crippen LogP contribution in [0.15, 0.2) is 122 Å². The molecule has 62 heavy (non-hydrogen) atoms. The van der Waals surface area contributed by atoms with E-state index < -0.39 is 32.5 Å². The summed E-state index contributed by atoms with van der Waals surface area (Å²) in [7, 11) is 1.39. The number of ether oxygens (including phenoxy) is 2. The first-order chi connectivity index (χ1) is 30.0. The van der Waals surface area contributed by atoms with Crippen LogP contribution in [0.4, 0.5) is 0 Å². The Bertz CT molecular complexity index is 1460. The van der Waals surface area contributed by atoms with Gasteiger partial charge >= 0.3 is 19.8 Å². The predicted molar refractivity (Wildman–Crippen MR) is 261 cm³/mol. The summed E-state index contributed by atoms with van der Waals surface area (Å²) in [4.78, 5) is 35.4. The average Bonchev–Trinajstić information content (AvgIpc) is 3.23. The molecule has 2 atom stereocenters. The minimum absolute atomic E-state index is 0.00515. The van der Waals surface area contributed by atoms with Crippen LogP contribution in [0.1, 0.15) is 142 Å². The van der Waals surface area contributed by atoms with Crippen molar-refractivity contribution in [3.8, 4) is 0 Å². The number of carbonyl (C=O) groups excluding carboxylic acids is 2. The number of phosphoric acid groups is 1. The van der Waals surface area contributed by atoms with Gasteiger partial charge < -0.3 is 18.9 Å². The molecule has 0 saturated heterocycles. The molecule has 0 aromatic carbocycles. The minimum atomic E-state index is -4.42. The highest BCUT2D eigenvalue weighted by atomic mass is 31.2. The molecule has 1 N–H and O–H groups in total. The first-order valence-electron chi connectivity index (χ1n) is 23.3. The molecule has 0 radical (unpaired) electrons. The van der Waals surface area contributed by atoms with Crippen LogP contribution in [-0.4, -0.2) is 74.9 Å². The Labute approximate surface area is 378 Å². The van der Waals surface area contributed by atoms with Gasteiger partial charge in [0.15, 0.2) is 6.10 Å². The molecule has 0 spiro atoms. The van der Waals surface area contributed by atoms with Crippen LogP contribution in [0, 0.1) is 0 Å². The van der Waals surface area contributed by atoms with E-state index in [9.17, 15) is 19.0 Å². The molecule has 350 valence electrons. The molecule has 10 heteroatoms. The molecule has 0 rings (SSSR count). The Morgan fingerprint density at radius 3 is 1.40 bits per heavy atom. The second-order valence-electron chi connectivity index (χ2n) is 16.0. The molecule has 1 unspecified atom stereocenters. The monoisotopic (exact) mass is 883 g/mol. The van der Waals surface area contributed by atoms with Gasteiger partial charge in [0.1, 0.15) is 19.8 Å². The summed E-state index contributed by atoms with van der Waals surface area (Å²) in [5, 5.41) is 0. The van der Waals surface area contributed by atoms with Gasteiger partial charge in [0.05, 0.1) is 27.7 Å². The third-order valence-corrected chi connectivity index (χ3v) is 9.97. The van der Waals surface area contributed by atoms with Crippen LogP contribution >= 0.6 is 7.82 Å². The lowest BCUT2D eigenvalue weighted by atomic mass is 10.1. The number of nitrogens with zero attached hydrogens (tertiary/aromatic N) is 1. The van der Waals surface area contributed by atoms with E-state index in [2.05, 4.69) is 123 Å². The van der Waals surface area contributed by atoms with E-state index in [-0.39, 0.29) is 26.1 Å². The van der Waals surface area contributed by atoms with Gasteiger partial charge in [0.25, 0.3) is 0 Å². The molecule has 0 fully saturated rings. The number of hydrogen-bond acceptors (Lipinski definition) is 7. The molecular weight excluding hydrogens is 798 g/mol. The summed E-state index contributed by atoms with van der Waals surface area (Å²) >= 11 is 0. The number of quaternary nitrogens is 1. The van der Waals surface area contributed by atoms with Crippen LogP contribution in [0.3, 0.4) is 0 Å². The van der Waals surface area contributed by atoms with Crippen molar-refractivity contribution in [2.24, 2.45) is 0 Å². The zero-order chi connectivity index (χ0) is 45.7. The number of likely N-dealkylation sites (N-methyl/N-ethyl adjacent to an activating group) is 1. The van der Waals surface area contributed by atoms with Gasteiger partial charge in [-0.1, -0.05) is 155 Å². The van der Waals surface area contributed by atoms with Gasteiger partial charge in [-0.3, -0.25) is 18.6 Å². The number of rotatable bonds is 40. The summed E-state index contributed by atoms with van der Waals surface area (Å²) in [6, 6.07) is 0. The molecule has 0 amide bonds. The van der Waals surface area contributed by atoms with Crippen molar-refractivity contribution in [3.63, 3.8) is 0 Å². The van der Waals surface area contributed by atoms with Gasteiger partial charge in [-0.2, -0.15) is 0 Å². The molecular formula is C52H85NO8P+. The maximum atomic E-state index is 12.7. The number of esters is 2. The highest BCUT2D eigenvalue weighted by Gasteiger charge is 2.27. The van der Waals surface area contributed by atoms with Crippen LogP contribution in [-0.2, 0) is 32.7 Å². The number of hydrogen-bond donors (Lipinski definition) is 1. The van der Waals surface area contributed by atoms with Gasteiger partial charge in [0.2, 0.25) is 0 Å². The molecule has 0 aliphatic heterocycles. The van der Waals surface area contributed by atoms with E-state index in [0.29, 0.717) is 23.9 Å². The van der Waals surface area contributed by atoms with Crippen molar-refractivity contribution < 1.29 is 42.1 Å². The van der Waals surface area contributed by atoms with Crippen molar-refractivity contribution in [1.29, 1.82) is 0 Å². The number of phosphoric ester groups is 1. The summed E-state index contributed by atoms with van der Waals surface area (Å²) in [6.45, 7) is 4.12. The fourth-order valence-corrected chi connectivity index (χ4v) is 6.12. The Kier molecular flexibility index (Phi) is 40.2. The maximum absolute atomic E-state index is 12.7. The third kappa shape index (κ3) is 45.9. The fraction of sp³-hybridized carbons (Fsp3) is 0.577.